The van der Waals surface area contributed by atoms with Gasteiger partial charge in [-0.3, -0.25) is 0 Å². The monoisotopic (exact) mass is 288 g/mol. The minimum Gasteiger partial charge on any atom is -0.394 e. The van der Waals surface area contributed by atoms with Crippen molar-refractivity contribution in [2.75, 3.05) is 11.9 Å². The first kappa shape index (κ1) is 15.7. The van der Waals surface area contributed by atoms with Crippen LogP contribution in [0.15, 0.2) is 18.2 Å². The second-order valence-electron chi connectivity index (χ2n) is 4.35. The number of amides is 2. The zero-order valence-corrected chi connectivity index (χ0v) is 11.7. The molecule has 1 rings (SSSR count). The van der Waals surface area contributed by atoms with Gasteiger partial charge in [-0.1, -0.05) is 25.4 Å². The van der Waals surface area contributed by atoms with E-state index in [2.05, 4.69) is 10.6 Å². The fourth-order valence-corrected chi connectivity index (χ4v) is 1.84. The van der Waals surface area contributed by atoms with Gasteiger partial charge in [0.2, 0.25) is 0 Å². The number of nitrogens with one attached hydrogen (secondary N) is 2. The average molecular weight is 289 g/mol. The molecule has 0 aliphatic carbocycles. The summed E-state index contributed by atoms with van der Waals surface area (Å²) in [5.74, 6) is -0.487. The number of carbonyl (C=O) groups excluding carboxylic acids is 1. The van der Waals surface area contributed by atoms with E-state index >= 15 is 0 Å². The van der Waals surface area contributed by atoms with Crippen LogP contribution in [0, 0.1) is 5.82 Å². The van der Waals surface area contributed by atoms with Crippen molar-refractivity contribution >= 4 is 23.3 Å². The highest BCUT2D eigenvalue weighted by Crippen LogP contribution is 2.22. The Bertz CT molecular complexity index is 442. The molecule has 0 radical (unpaired) electrons. The van der Waals surface area contributed by atoms with Gasteiger partial charge in [-0.05, 0) is 31.0 Å². The molecule has 106 valence electrons. The van der Waals surface area contributed by atoms with E-state index in [4.69, 9.17) is 11.6 Å². The standard InChI is InChI=1S/C13H18ClFN2O2/c1-3-13(4-2,8-18)17-12(19)16-11-7-9(15)5-6-10(11)14/h5-7,18H,3-4,8H2,1-2H3,(H2,16,17,19). The summed E-state index contributed by atoms with van der Waals surface area (Å²) >= 11 is 5.85. The van der Waals surface area contributed by atoms with Gasteiger partial charge in [0.15, 0.2) is 0 Å². The maximum atomic E-state index is 13.1. The predicted molar refractivity (Wildman–Crippen MR) is 74.0 cm³/mol. The van der Waals surface area contributed by atoms with E-state index in [0.29, 0.717) is 12.8 Å². The Kier molecular flexibility index (Phi) is 5.57. The SMILES string of the molecule is CCC(CC)(CO)NC(=O)Nc1cc(F)ccc1Cl. The number of rotatable bonds is 5. The summed E-state index contributed by atoms with van der Waals surface area (Å²) in [6.45, 7) is 3.58. The Morgan fingerprint density at radius 1 is 1.42 bits per heavy atom. The molecule has 0 aliphatic heterocycles. The summed E-state index contributed by atoms with van der Waals surface area (Å²) in [5, 5.41) is 14.8. The molecule has 0 bridgehead atoms. The van der Waals surface area contributed by atoms with Gasteiger partial charge >= 0.3 is 6.03 Å². The van der Waals surface area contributed by atoms with Crippen LogP contribution in [0.25, 0.3) is 0 Å². The molecule has 0 saturated heterocycles. The molecule has 0 fully saturated rings. The van der Waals surface area contributed by atoms with E-state index in [1.807, 2.05) is 13.8 Å². The van der Waals surface area contributed by atoms with E-state index in [1.165, 1.54) is 12.1 Å². The van der Waals surface area contributed by atoms with Crippen molar-refractivity contribution in [1.82, 2.24) is 5.32 Å². The van der Waals surface area contributed by atoms with Gasteiger partial charge in [-0.15, -0.1) is 0 Å². The van der Waals surface area contributed by atoms with Crippen LogP contribution in [-0.2, 0) is 0 Å². The summed E-state index contributed by atoms with van der Waals surface area (Å²) in [6, 6.07) is 3.19. The molecule has 6 heteroatoms. The Hall–Kier alpha value is -1.33. The lowest BCUT2D eigenvalue weighted by Crippen LogP contribution is -2.52. The molecule has 0 unspecified atom stereocenters. The highest BCUT2D eigenvalue weighted by atomic mass is 35.5. The summed E-state index contributed by atoms with van der Waals surface area (Å²) in [6.07, 6.45) is 1.18. The first-order chi connectivity index (χ1) is 8.96. The van der Waals surface area contributed by atoms with Gasteiger partial charge in [-0.2, -0.15) is 0 Å². The molecule has 0 atom stereocenters. The van der Waals surface area contributed by atoms with Crippen LogP contribution >= 0.6 is 11.6 Å². The predicted octanol–water partition coefficient (Wildman–Crippen LogP) is 3.15. The van der Waals surface area contributed by atoms with Crippen molar-refractivity contribution in [2.24, 2.45) is 0 Å². The van der Waals surface area contributed by atoms with E-state index in [-0.39, 0.29) is 17.3 Å². The first-order valence-electron chi connectivity index (χ1n) is 6.11. The highest BCUT2D eigenvalue weighted by molar-refractivity contribution is 6.33. The second kappa shape index (κ2) is 6.73. The summed E-state index contributed by atoms with van der Waals surface area (Å²) in [4.78, 5) is 11.9. The minimum atomic E-state index is -0.677. The van der Waals surface area contributed by atoms with Gasteiger partial charge in [0, 0.05) is 0 Å². The van der Waals surface area contributed by atoms with Gasteiger partial charge in [0.05, 0.1) is 22.9 Å². The van der Waals surface area contributed by atoms with Crippen LogP contribution in [-0.4, -0.2) is 23.3 Å². The molecule has 0 saturated carbocycles. The number of aliphatic hydroxyl groups is 1. The number of urea groups is 1. The topological polar surface area (TPSA) is 61.4 Å². The Balaban J connectivity index is 2.77. The molecule has 0 aromatic heterocycles. The van der Waals surface area contributed by atoms with E-state index < -0.39 is 17.4 Å². The fraction of sp³-hybridized carbons (Fsp3) is 0.462. The van der Waals surface area contributed by atoms with Crippen molar-refractivity contribution in [2.45, 2.75) is 32.2 Å². The quantitative estimate of drug-likeness (QED) is 0.779. The maximum absolute atomic E-state index is 13.1. The summed E-state index contributed by atoms with van der Waals surface area (Å²) < 4.78 is 13.1. The lowest BCUT2D eigenvalue weighted by molar-refractivity contribution is 0.155. The maximum Gasteiger partial charge on any atom is 0.319 e. The van der Waals surface area contributed by atoms with Crippen LogP contribution in [0.5, 0.6) is 0 Å². The summed E-state index contributed by atoms with van der Waals surface area (Å²) in [5.41, 5.74) is -0.484. The van der Waals surface area contributed by atoms with Crippen LogP contribution in [0.4, 0.5) is 14.9 Å². The molecule has 19 heavy (non-hydrogen) atoms. The summed E-state index contributed by atoms with van der Waals surface area (Å²) in [7, 11) is 0. The van der Waals surface area contributed by atoms with Gasteiger partial charge in [0.25, 0.3) is 0 Å². The smallest absolute Gasteiger partial charge is 0.319 e. The highest BCUT2D eigenvalue weighted by Gasteiger charge is 2.27. The molecule has 0 aliphatic rings. The number of hydrogen-bond acceptors (Lipinski definition) is 2. The second-order valence-corrected chi connectivity index (χ2v) is 4.76. The first-order valence-corrected chi connectivity index (χ1v) is 6.49. The fourth-order valence-electron chi connectivity index (χ4n) is 1.68. The number of hydrogen-bond donors (Lipinski definition) is 3. The van der Waals surface area contributed by atoms with Gasteiger partial charge < -0.3 is 15.7 Å². The van der Waals surface area contributed by atoms with E-state index in [1.54, 1.807) is 0 Å². The van der Waals surface area contributed by atoms with E-state index in [0.717, 1.165) is 6.07 Å². The van der Waals surface area contributed by atoms with Crippen molar-refractivity contribution in [1.29, 1.82) is 0 Å². The van der Waals surface area contributed by atoms with Crippen LogP contribution < -0.4 is 10.6 Å². The van der Waals surface area contributed by atoms with Crippen molar-refractivity contribution < 1.29 is 14.3 Å². The zero-order valence-electron chi connectivity index (χ0n) is 11.0. The zero-order chi connectivity index (χ0) is 14.5. The third-order valence-corrected chi connectivity index (χ3v) is 3.54. The number of carbonyl (C=O) groups is 1. The average Bonchev–Trinajstić information content (AvgIpc) is 2.40. The Labute approximate surface area is 117 Å². The normalized spacial score (nSPS) is 11.2. The molecule has 0 spiro atoms. The largest absolute Gasteiger partial charge is 0.394 e. The molecule has 1 aromatic rings. The lowest BCUT2D eigenvalue weighted by Gasteiger charge is -2.30. The van der Waals surface area contributed by atoms with Gasteiger partial charge in [0.1, 0.15) is 5.82 Å². The third-order valence-electron chi connectivity index (χ3n) is 3.21. The number of halogens is 2. The van der Waals surface area contributed by atoms with Crippen LogP contribution in [0.1, 0.15) is 26.7 Å². The molecule has 4 nitrogen and oxygen atoms in total. The van der Waals surface area contributed by atoms with Crippen molar-refractivity contribution in [3.8, 4) is 0 Å². The molecular formula is C13H18ClFN2O2. The van der Waals surface area contributed by atoms with Gasteiger partial charge in [-0.25, -0.2) is 9.18 Å². The minimum absolute atomic E-state index is 0.162. The lowest BCUT2D eigenvalue weighted by atomic mass is 9.94. The number of benzene rings is 1. The molecule has 3 N–H and O–H groups in total. The molecular weight excluding hydrogens is 271 g/mol. The van der Waals surface area contributed by atoms with Crippen LogP contribution in [0.3, 0.4) is 0 Å². The third kappa shape index (κ3) is 4.08. The Morgan fingerprint density at radius 2 is 2.05 bits per heavy atom. The Morgan fingerprint density at radius 3 is 2.58 bits per heavy atom. The molecule has 2 amide bonds. The molecule has 1 aromatic carbocycles. The number of aliphatic hydroxyl groups excluding tert-OH is 1. The number of anilines is 1. The van der Waals surface area contributed by atoms with Crippen molar-refractivity contribution in [3.05, 3.63) is 29.0 Å². The molecule has 0 heterocycles. The van der Waals surface area contributed by atoms with Crippen molar-refractivity contribution in [3.63, 3.8) is 0 Å². The van der Waals surface area contributed by atoms with Crippen LogP contribution in [0.2, 0.25) is 5.02 Å². The van der Waals surface area contributed by atoms with E-state index in [9.17, 15) is 14.3 Å².